The Hall–Kier alpha value is -3.85. The number of carbonyl (C=O) groups is 1. The third kappa shape index (κ3) is 5.61. The number of nitriles is 1. The lowest BCUT2D eigenvalue weighted by Gasteiger charge is -2.13. The molecule has 1 heterocycles. The van der Waals surface area contributed by atoms with Gasteiger partial charge in [0, 0.05) is 24.2 Å². The van der Waals surface area contributed by atoms with E-state index in [9.17, 15) is 14.9 Å². The van der Waals surface area contributed by atoms with E-state index in [2.05, 4.69) is 10.3 Å². The summed E-state index contributed by atoms with van der Waals surface area (Å²) in [6.45, 7) is 4.34. The number of benzene rings is 2. The van der Waals surface area contributed by atoms with Crippen LogP contribution in [0.2, 0.25) is 0 Å². The van der Waals surface area contributed by atoms with E-state index < -0.39 is 5.56 Å². The SMILES string of the molecule is Cc1[nH]c(=O)c(C#N)c(C)c1CCC(=O)NCc1ccccc1OCc1ccccc1. The summed E-state index contributed by atoms with van der Waals surface area (Å²) in [4.78, 5) is 27.0. The summed E-state index contributed by atoms with van der Waals surface area (Å²) in [5.74, 6) is 0.624. The van der Waals surface area contributed by atoms with Crippen molar-refractivity contribution >= 4 is 5.91 Å². The summed E-state index contributed by atoms with van der Waals surface area (Å²) in [6, 6.07) is 19.5. The molecular formula is C25H25N3O3. The lowest BCUT2D eigenvalue weighted by molar-refractivity contribution is -0.121. The largest absolute Gasteiger partial charge is 0.489 e. The Morgan fingerprint density at radius 3 is 2.55 bits per heavy atom. The van der Waals surface area contributed by atoms with E-state index in [1.165, 1.54) is 0 Å². The van der Waals surface area contributed by atoms with Gasteiger partial charge in [-0.1, -0.05) is 48.5 Å². The number of aryl methyl sites for hydroxylation is 1. The minimum absolute atomic E-state index is 0.102. The molecule has 0 bridgehead atoms. The number of amides is 1. The number of ether oxygens (including phenoxy) is 1. The van der Waals surface area contributed by atoms with Gasteiger partial charge in [-0.3, -0.25) is 9.59 Å². The number of pyridine rings is 1. The number of para-hydroxylation sites is 1. The molecule has 0 fully saturated rings. The Morgan fingerprint density at radius 2 is 1.81 bits per heavy atom. The van der Waals surface area contributed by atoms with Crippen LogP contribution in [0.15, 0.2) is 59.4 Å². The molecule has 0 spiro atoms. The van der Waals surface area contributed by atoms with Crippen LogP contribution in [0.1, 0.15) is 39.9 Å². The molecule has 0 unspecified atom stereocenters. The molecule has 1 aromatic heterocycles. The Balaban J connectivity index is 1.58. The molecule has 158 valence electrons. The molecule has 6 heteroatoms. The average Bonchev–Trinajstić information content (AvgIpc) is 2.77. The van der Waals surface area contributed by atoms with Crippen LogP contribution < -0.4 is 15.6 Å². The number of rotatable bonds is 8. The van der Waals surface area contributed by atoms with Crippen LogP contribution in [0.3, 0.4) is 0 Å². The van der Waals surface area contributed by atoms with E-state index in [0.29, 0.717) is 30.8 Å². The number of nitrogens with one attached hydrogen (secondary N) is 2. The number of carbonyl (C=O) groups excluding carboxylic acids is 1. The molecule has 0 aliphatic heterocycles. The van der Waals surface area contributed by atoms with E-state index >= 15 is 0 Å². The van der Waals surface area contributed by atoms with E-state index in [0.717, 1.165) is 22.4 Å². The third-order valence-electron chi connectivity index (χ3n) is 5.21. The normalized spacial score (nSPS) is 10.4. The number of nitrogens with zero attached hydrogens (tertiary/aromatic N) is 1. The first-order chi connectivity index (χ1) is 15.0. The summed E-state index contributed by atoms with van der Waals surface area (Å²) in [5, 5.41) is 12.1. The molecular weight excluding hydrogens is 390 g/mol. The number of aromatic amines is 1. The van der Waals surface area contributed by atoms with E-state index in [1.807, 2.05) is 60.7 Å². The van der Waals surface area contributed by atoms with Gasteiger partial charge in [-0.05, 0) is 43.0 Å². The second-order valence-corrected chi connectivity index (χ2v) is 7.33. The highest BCUT2D eigenvalue weighted by Gasteiger charge is 2.13. The van der Waals surface area contributed by atoms with Gasteiger partial charge in [-0.15, -0.1) is 0 Å². The minimum Gasteiger partial charge on any atom is -0.489 e. The number of H-pyrrole nitrogens is 1. The maximum absolute atomic E-state index is 12.4. The van der Waals surface area contributed by atoms with Crippen molar-refractivity contribution in [2.75, 3.05) is 0 Å². The number of hydrogen-bond donors (Lipinski definition) is 2. The van der Waals surface area contributed by atoms with Gasteiger partial charge in [0.1, 0.15) is 24.0 Å². The predicted octanol–water partition coefficient (Wildman–Crippen LogP) is 3.69. The maximum atomic E-state index is 12.4. The zero-order valence-corrected chi connectivity index (χ0v) is 17.7. The van der Waals surface area contributed by atoms with Gasteiger partial charge in [-0.25, -0.2) is 0 Å². The zero-order valence-electron chi connectivity index (χ0n) is 17.7. The maximum Gasteiger partial charge on any atom is 0.266 e. The van der Waals surface area contributed by atoms with Gasteiger partial charge in [0.05, 0.1) is 0 Å². The molecule has 0 aliphatic rings. The fraction of sp³-hybridized carbons (Fsp3) is 0.240. The summed E-state index contributed by atoms with van der Waals surface area (Å²) >= 11 is 0. The predicted molar refractivity (Wildman–Crippen MR) is 119 cm³/mol. The molecule has 2 N–H and O–H groups in total. The second kappa shape index (κ2) is 10.3. The van der Waals surface area contributed by atoms with E-state index in [-0.39, 0.29) is 17.9 Å². The first kappa shape index (κ1) is 21.8. The van der Waals surface area contributed by atoms with Crippen molar-refractivity contribution in [3.63, 3.8) is 0 Å². The van der Waals surface area contributed by atoms with Crippen molar-refractivity contribution in [2.45, 2.75) is 39.8 Å². The van der Waals surface area contributed by atoms with Crippen molar-refractivity contribution in [2.24, 2.45) is 0 Å². The van der Waals surface area contributed by atoms with Crippen molar-refractivity contribution in [3.8, 4) is 11.8 Å². The molecule has 3 aromatic rings. The zero-order chi connectivity index (χ0) is 22.2. The van der Waals surface area contributed by atoms with Gasteiger partial charge in [0.15, 0.2) is 0 Å². The van der Waals surface area contributed by atoms with Crippen LogP contribution in [0, 0.1) is 25.2 Å². The molecule has 0 atom stereocenters. The molecule has 0 radical (unpaired) electrons. The first-order valence-corrected chi connectivity index (χ1v) is 10.1. The Kier molecular flexibility index (Phi) is 7.23. The van der Waals surface area contributed by atoms with Gasteiger partial charge < -0.3 is 15.0 Å². The molecule has 0 saturated heterocycles. The summed E-state index contributed by atoms with van der Waals surface area (Å²) in [5.41, 5.74) is 3.84. The van der Waals surface area contributed by atoms with Crippen LogP contribution in [0.4, 0.5) is 0 Å². The smallest absolute Gasteiger partial charge is 0.266 e. The quantitative estimate of drug-likeness (QED) is 0.587. The topological polar surface area (TPSA) is 95.0 Å². The van der Waals surface area contributed by atoms with Crippen molar-refractivity contribution in [3.05, 3.63) is 98.5 Å². The number of aromatic nitrogens is 1. The molecule has 3 rings (SSSR count). The summed E-state index contributed by atoms with van der Waals surface area (Å²) in [6.07, 6.45) is 0.701. The Labute approximate surface area is 181 Å². The second-order valence-electron chi connectivity index (χ2n) is 7.33. The fourth-order valence-electron chi connectivity index (χ4n) is 3.47. The van der Waals surface area contributed by atoms with E-state index in [4.69, 9.17) is 4.74 Å². The van der Waals surface area contributed by atoms with Crippen molar-refractivity contribution in [1.82, 2.24) is 10.3 Å². The fourth-order valence-corrected chi connectivity index (χ4v) is 3.47. The molecule has 0 aliphatic carbocycles. The number of hydrogen-bond acceptors (Lipinski definition) is 4. The highest BCUT2D eigenvalue weighted by molar-refractivity contribution is 5.76. The first-order valence-electron chi connectivity index (χ1n) is 10.1. The Bertz CT molecular complexity index is 1160. The molecule has 2 aromatic carbocycles. The van der Waals surface area contributed by atoms with Crippen LogP contribution in [-0.4, -0.2) is 10.9 Å². The highest BCUT2D eigenvalue weighted by Crippen LogP contribution is 2.20. The highest BCUT2D eigenvalue weighted by atomic mass is 16.5. The molecule has 1 amide bonds. The summed E-state index contributed by atoms with van der Waals surface area (Å²) in [7, 11) is 0. The monoisotopic (exact) mass is 415 g/mol. The van der Waals surface area contributed by atoms with Crippen LogP contribution in [0.25, 0.3) is 0 Å². The lowest BCUT2D eigenvalue weighted by Crippen LogP contribution is -2.24. The summed E-state index contributed by atoms with van der Waals surface area (Å²) < 4.78 is 5.94. The third-order valence-corrected chi connectivity index (χ3v) is 5.21. The average molecular weight is 415 g/mol. The van der Waals surface area contributed by atoms with Crippen LogP contribution >= 0.6 is 0 Å². The van der Waals surface area contributed by atoms with Crippen LogP contribution in [0.5, 0.6) is 5.75 Å². The van der Waals surface area contributed by atoms with Crippen molar-refractivity contribution < 1.29 is 9.53 Å². The van der Waals surface area contributed by atoms with Gasteiger partial charge in [0.25, 0.3) is 5.56 Å². The Morgan fingerprint density at radius 1 is 1.10 bits per heavy atom. The van der Waals surface area contributed by atoms with E-state index in [1.54, 1.807) is 13.8 Å². The van der Waals surface area contributed by atoms with Gasteiger partial charge in [0.2, 0.25) is 5.91 Å². The van der Waals surface area contributed by atoms with Crippen molar-refractivity contribution in [1.29, 1.82) is 5.26 Å². The van der Waals surface area contributed by atoms with Crippen LogP contribution in [-0.2, 0) is 24.4 Å². The van der Waals surface area contributed by atoms with Gasteiger partial charge in [-0.2, -0.15) is 5.26 Å². The lowest BCUT2D eigenvalue weighted by atomic mass is 9.99. The molecule has 0 saturated carbocycles. The van der Waals surface area contributed by atoms with Gasteiger partial charge >= 0.3 is 0 Å². The molecule has 31 heavy (non-hydrogen) atoms. The molecule has 6 nitrogen and oxygen atoms in total. The minimum atomic E-state index is -0.391. The standard InChI is InChI=1S/C25H25N3O3/c1-17-21(18(2)28-25(30)22(17)14-26)12-13-24(29)27-15-20-10-6-7-11-23(20)31-16-19-8-4-3-5-9-19/h3-11H,12-13,15-16H2,1-2H3,(H,27,29)(H,28,30).